The number of rotatable bonds is 3. The normalized spacial score (nSPS) is 12.2. The second-order valence-electron chi connectivity index (χ2n) is 1.62. The van der Waals surface area contributed by atoms with Gasteiger partial charge in [-0.1, -0.05) is 22.5 Å². The van der Waals surface area contributed by atoms with Gasteiger partial charge >= 0.3 is 0 Å². The van der Waals surface area contributed by atoms with Crippen LogP contribution in [0.25, 0.3) is 0 Å². The topological polar surface area (TPSA) is 34.1 Å². The SMILES string of the molecule is C=C(C)C(=O)C(Br)[C]=O. The van der Waals surface area contributed by atoms with Crippen molar-refractivity contribution in [1.29, 1.82) is 0 Å². The maximum absolute atomic E-state index is 10.7. The van der Waals surface area contributed by atoms with Gasteiger partial charge in [0.15, 0.2) is 5.78 Å². The highest BCUT2D eigenvalue weighted by Gasteiger charge is 2.13. The molecule has 9 heavy (non-hydrogen) atoms. The molecule has 0 N–H and O–H groups in total. The van der Waals surface area contributed by atoms with Crippen molar-refractivity contribution >= 4 is 28.0 Å². The van der Waals surface area contributed by atoms with E-state index >= 15 is 0 Å². The van der Waals surface area contributed by atoms with Gasteiger partial charge in [0, 0.05) is 0 Å². The van der Waals surface area contributed by atoms with Crippen LogP contribution in [0.1, 0.15) is 6.92 Å². The lowest BCUT2D eigenvalue weighted by atomic mass is 10.2. The minimum Gasteiger partial charge on any atom is -0.293 e. The molecule has 0 saturated carbocycles. The molecule has 0 aliphatic carbocycles. The minimum absolute atomic E-state index is 0.315. The van der Waals surface area contributed by atoms with Gasteiger partial charge in [0.25, 0.3) is 0 Å². The maximum Gasteiger partial charge on any atom is 0.221 e. The van der Waals surface area contributed by atoms with Gasteiger partial charge in [0.05, 0.1) is 0 Å². The highest BCUT2D eigenvalue weighted by Crippen LogP contribution is 2.02. The lowest BCUT2D eigenvalue weighted by Crippen LogP contribution is -2.15. The Labute approximate surface area is 62.1 Å². The summed E-state index contributed by atoms with van der Waals surface area (Å²) in [5.74, 6) is -0.315. The average molecular weight is 190 g/mol. The van der Waals surface area contributed by atoms with E-state index in [9.17, 15) is 9.59 Å². The summed E-state index contributed by atoms with van der Waals surface area (Å²) in [5.41, 5.74) is 0.361. The number of alkyl halides is 1. The Morgan fingerprint density at radius 1 is 1.78 bits per heavy atom. The van der Waals surface area contributed by atoms with Gasteiger partial charge < -0.3 is 0 Å². The van der Waals surface area contributed by atoms with Gasteiger partial charge in [0.2, 0.25) is 6.29 Å². The summed E-state index contributed by atoms with van der Waals surface area (Å²) < 4.78 is 0. The highest BCUT2D eigenvalue weighted by atomic mass is 79.9. The number of ketones is 1. The molecule has 49 valence electrons. The Kier molecular flexibility index (Phi) is 3.39. The van der Waals surface area contributed by atoms with Gasteiger partial charge in [-0.2, -0.15) is 0 Å². The van der Waals surface area contributed by atoms with Crippen LogP contribution in [0, 0.1) is 0 Å². The Morgan fingerprint density at radius 3 is 2.33 bits per heavy atom. The fourth-order valence-electron chi connectivity index (χ4n) is 0.270. The summed E-state index contributed by atoms with van der Waals surface area (Å²) in [6.07, 6.45) is 1.50. The summed E-state index contributed by atoms with van der Waals surface area (Å²) in [7, 11) is 0. The van der Waals surface area contributed by atoms with E-state index in [1.807, 2.05) is 0 Å². The van der Waals surface area contributed by atoms with Crippen LogP contribution < -0.4 is 0 Å². The number of allylic oxidation sites excluding steroid dienone is 1. The lowest BCUT2D eigenvalue weighted by molar-refractivity contribution is -0.113. The second-order valence-corrected chi connectivity index (χ2v) is 2.54. The van der Waals surface area contributed by atoms with E-state index in [2.05, 4.69) is 22.5 Å². The van der Waals surface area contributed by atoms with Crippen LogP contribution in [0.4, 0.5) is 0 Å². The first-order valence-electron chi connectivity index (χ1n) is 2.31. The van der Waals surface area contributed by atoms with Crippen molar-refractivity contribution in [2.45, 2.75) is 11.8 Å². The molecule has 0 aromatic heterocycles. The summed E-state index contributed by atoms with van der Waals surface area (Å²) >= 11 is 2.81. The molecule has 0 amide bonds. The van der Waals surface area contributed by atoms with Gasteiger partial charge in [-0.3, -0.25) is 9.59 Å². The summed E-state index contributed by atoms with van der Waals surface area (Å²) in [6, 6.07) is 0. The van der Waals surface area contributed by atoms with Crippen molar-refractivity contribution in [2.75, 3.05) is 0 Å². The molecule has 0 rings (SSSR count). The number of carbonyl (C=O) groups excluding carboxylic acids is 2. The lowest BCUT2D eigenvalue weighted by Gasteiger charge is -1.95. The zero-order chi connectivity index (χ0) is 7.44. The molecule has 1 unspecified atom stereocenters. The molecule has 1 atom stereocenters. The Morgan fingerprint density at radius 2 is 2.22 bits per heavy atom. The van der Waals surface area contributed by atoms with Crippen LogP contribution in [0.2, 0.25) is 0 Å². The molecule has 0 spiro atoms. The smallest absolute Gasteiger partial charge is 0.221 e. The van der Waals surface area contributed by atoms with Gasteiger partial charge in [-0.25, -0.2) is 0 Å². The molecular formula is C6H6BrO2. The van der Waals surface area contributed by atoms with Crippen molar-refractivity contribution in [1.82, 2.24) is 0 Å². The molecule has 0 heterocycles. The van der Waals surface area contributed by atoms with Gasteiger partial charge in [0.1, 0.15) is 4.83 Å². The number of hydrogen-bond donors (Lipinski definition) is 0. The van der Waals surface area contributed by atoms with E-state index in [4.69, 9.17) is 0 Å². The molecule has 0 saturated heterocycles. The summed E-state index contributed by atoms with van der Waals surface area (Å²) in [4.78, 5) is 19.6. The highest BCUT2D eigenvalue weighted by molar-refractivity contribution is 9.10. The van der Waals surface area contributed by atoms with Crippen LogP contribution in [-0.2, 0) is 9.59 Å². The van der Waals surface area contributed by atoms with E-state index in [0.29, 0.717) is 5.57 Å². The van der Waals surface area contributed by atoms with Crippen molar-refractivity contribution in [3.05, 3.63) is 12.2 Å². The standard InChI is InChI=1S/C6H6BrO2/c1-4(2)6(9)5(7)3-8/h5H,1H2,2H3. The van der Waals surface area contributed by atoms with E-state index in [1.165, 1.54) is 6.29 Å². The quantitative estimate of drug-likeness (QED) is 0.378. The first-order valence-corrected chi connectivity index (χ1v) is 3.22. The number of carbonyl (C=O) groups is 1. The molecule has 0 aliphatic rings. The van der Waals surface area contributed by atoms with Gasteiger partial charge in [-0.05, 0) is 12.5 Å². The zero-order valence-corrected chi connectivity index (χ0v) is 6.56. The van der Waals surface area contributed by atoms with Crippen molar-refractivity contribution in [2.24, 2.45) is 0 Å². The molecule has 0 fully saturated rings. The van der Waals surface area contributed by atoms with Gasteiger partial charge in [-0.15, -0.1) is 0 Å². The summed E-state index contributed by atoms with van der Waals surface area (Å²) in [6.45, 7) is 4.92. The van der Waals surface area contributed by atoms with Crippen LogP contribution in [0.3, 0.4) is 0 Å². The van der Waals surface area contributed by atoms with Crippen LogP contribution in [0.5, 0.6) is 0 Å². The molecule has 0 aromatic rings. The maximum atomic E-state index is 10.7. The first-order chi connectivity index (χ1) is 4.09. The molecule has 2 nitrogen and oxygen atoms in total. The molecule has 0 bridgehead atoms. The predicted molar refractivity (Wildman–Crippen MR) is 38.2 cm³/mol. The van der Waals surface area contributed by atoms with Crippen molar-refractivity contribution in [3.8, 4) is 0 Å². The Balaban J connectivity index is 4.03. The first kappa shape index (κ1) is 8.56. The average Bonchev–Trinajstić information content (AvgIpc) is 1.84. The Bertz CT molecular complexity index is 151. The molecule has 1 radical (unpaired) electrons. The number of hydrogen-bond acceptors (Lipinski definition) is 2. The third-order valence-electron chi connectivity index (χ3n) is 0.754. The molecule has 3 heteroatoms. The molecule has 0 aliphatic heterocycles. The third-order valence-corrected chi connectivity index (χ3v) is 1.36. The van der Waals surface area contributed by atoms with Crippen LogP contribution in [-0.4, -0.2) is 16.9 Å². The molecule has 0 aromatic carbocycles. The van der Waals surface area contributed by atoms with Crippen LogP contribution >= 0.6 is 15.9 Å². The van der Waals surface area contributed by atoms with Crippen molar-refractivity contribution in [3.63, 3.8) is 0 Å². The zero-order valence-electron chi connectivity index (χ0n) is 4.98. The number of Topliss-reactive ketones (excluding diaryl/α,β-unsaturated/α-hetero) is 1. The fraction of sp³-hybridized carbons (Fsp3) is 0.333. The van der Waals surface area contributed by atoms with E-state index < -0.39 is 4.83 Å². The monoisotopic (exact) mass is 189 g/mol. The van der Waals surface area contributed by atoms with E-state index in [1.54, 1.807) is 6.92 Å². The second kappa shape index (κ2) is 3.56. The third kappa shape index (κ3) is 2.56. The summed E-state index contributed by atoms with van der Waals surface area (Å²) in [5, 5.41) is 0. The fourth-order valence-corrected chi connectivity index (χ4v) is 0.661. The molecular weight excluding hydrogens is 184 g/mol. The Hall–Kier alpha value is -0.440. The van der Waals surface area contributed by atoms with Crippen molar-refractivity contribution < 1.29 is 9.59 Å². The predicted octanol–water partition coefficient (Wildman–Crippen LogP) is 1.00. The minimum atomic E-state index is -0.838. The number of halogens is 1. The van der Waals surface area contributed by atoms with Crippen LogP contribution in [0.15, 0.2) is 12.2 Å². The van der Waals surface area contributed by atoms with E-state index in [-0.39, 0.29) is 5.78 Å². The van der Waals surface area contributed by atoms with E-state index in [0.717, 1.165) is 0 Å². The largest absolute Gasteiger partial charge is 0.293 e.